The van der Waals surface area contributed by atoms with E-state index in [-0.39, 0.29) is 11.3 Å². The van der Waals surface area contributed by atoms with E-state index in [1.165, 1.54) is 0 Å². The van der Waals surface area contributed by atoms with E-state index in [1.807, 2.05) is 0 Å². The molecule has 1 unspecified atom stereocenters. The summed E-state index contributed by atoms with van der Waals surface area (Å²) in [7, 11) is 0. The van der Waals surface area contributed by atoms with Crippen LogP contribution in [0.3, 0.4) is 0 Å². The van der Waals surface area contributed by atoms with Gasteiger partial charge in [-0.1, -0.05) is 0 Å². The van der Waals surface area contributed by atoms with Gasteiger partial charge >= 0.3 is 18.3 Å². The molecule has 112 valence electrons. The first-order chi connectivity index (χ1) is 9.11. The quantitative estimate of drug-likeness (QED) is 0.516. The minimum absolute atomic E-state index is 0.313. The molecule has 1 aromatic rings. The lowest BCUT2D eigenvalue weighted by Crippen LogP contribution is -2.28. The molecular weight excluding hydrogens is 287 g/mol. The van der Waals surface area contributed by atoms with E-state index in [0.717, 1.165) is 19.1 Å². The third-order valence-corrected chi connectivity index (χ3v) is 2.32. The van der Waals surface area contributed by atoms with Crippen LogP contribution < -0.4 is 4.74 Å². The highest BCUT2D eigenvalue weighted by atomic mass is 19.3. The van der Waals surface area contributed by atoms with Crippen molar-refractivity contribution in [2.75, 3.05) is 0 Å². The van der Waals surface area contributed by atoms with Gasteiger partial charge in [0, 0.05) is 19.4 Å². The molecule has 20 heavy (non-hydrogen) atoms. The number of alkyl halides is 4. The second-order valence-corrected chi connectivity index (χ2v) is 4.10. The Labute approximate surface area is 111 Å². The smallest absolute Gasteiger partial charge is 0.310 e. The van der Waals surface area contributed by atoms with Crippen LogP contribution in [-0.2, 0) is 4.79 Å². The fourth-order valence-electron chi connectivity index (χ4n) is 1.47. The van der Waals surface area contributed by atoms with E-state index < -0.39 is 36.7 Å². The van der Waals surface area contributed by atoms with E-state index in [2.05, 4.69) is 4.74 Å². The molecule has 0 aliphatic carbocycles. The molecule has 0 aliphatic heterocycles. The van der Waals surface area contributed by atoms with E-state index in [9.17, 15) is 31.9 Å². The molecule has 0 saturated heterocycles. The maximum atomic E-state index is 13.2. The molecule has 1 atom stereocenters. The van der Waals surface area contributed by atoms with E-state index >= 15 is 0 Å². The van der Waals surface area contributed by atoms with Crippen LogP contribution in [0.25, 0.3) is 0 Å². The second-order valence-electron chi connectivity index (χ2n) is 4.10. The third-order valence-electron chi connectivity index (χ3n) is 2.32. The highest BCUT2D eigenvalue weighted by Gasteiger charge is 2.42. The maximum Gasteiger partial charge on any atom is 0.310 e. The molecule has 8 heteroatoms. The zero-order valence-corrected chi connectivity index (χ0v) is 10.2. The number of benzene rings is 1. The van der Waals surface area contributed by atoms with Gasteiger partial charge in [-0.05, 0) is 17.7 Å². The molecule has 0 amide bonds. The Bertz CT molecular complexity index is 490. The summed E-state index contributed by atoms with van der Waals surface area (Å²) in [6.45, 7) is 1.03. The van der Waals surface area contributed by atoms with Crippen molar-refractivity contribution in [2.45, 2.75) is 31.8 Å². The van der Waals surface area contributed by atoms with Crippen LogP contribution in [0.5, 0.6) is 5.75 Å². The van der Waals surface area contributed by atoms with Gasteiger partial charge < -0.3 is 9.84 Å². The van der Waals surface area contributed by atoms with Gasteiger partial charge in [-0.15, -0.1) is 0 Å². The van der Waals surface area contributed by atoms with Crippen molar-refractivity contribution in [1.82, 2.24) is 0 Å². The highest BCUT2D eigenvalue weighted by molar-refractivity contribution is 5.69. The summed E-state index contributed by atoms with van der Waals surface area (Å²) in [5.41, 5.74) is -0.387. The lowest BCUT2D eigenvalue weighted by molar-refractivity contribution is -0.149. The summed E-state index contributed by atoms with van der Waals surface area (Å²) in [6.07, 6.45) is -7.55. The van der Waals surface area contributed by atoms with E-state index in [4.69, 9.17) is 0 Å². The summed E-state index contributed by atoms with van der Waals surface area (Å²) >= 11 is 0. The highest BCUT2D eigenvalue weighted by Crippen LogP contribution is 2.34. The zero-order valence-electron chi connectivity index (χ0n) is 10.2. The molecule has 3 nitrogen and oxygen atoms in total. The molecule has 1 rings (SSSR count). The summed E-state index contributed by atoms with van der Waals surface area (Å²) in [4.78, 5) is 10.7. The first kappa shape index (κ1) is 16.4. The van der Waals surface area contributed by atoms with Gasteiger partial charge in [-0.3, -0.25) is 4.79 Å². The average Bonchev–Trinajstić information content (AvgIpc) is 2.26. The zero-order chi connectivity index (χ0) is 15.5. The lowest BCUT2D eigenvalue weighted by Gasteiger charge is -2.19. The van der Waals surface area contributed by atoms with Crippen molar-refractivity contribution in [3.8, 4) is 5.75 Å². The largest absolute Gasteiger partial charge is 0.427 e. The van der Waals surface area contributed by atoms with Crippen molar-refractivity contribution >= 4 is 5.97 Å². The number of ether oxygens (including phenoxy) is 1. The summed E-state index contributed by atoms with van der Waals surface area (Å²) in [5, 5.41) is 9.47. The van der Waals surface area contributed by atoms with Crippen LogP contribution in [-0.4, -0.2) is 23.4 Å². The van der Waals surface area contributed by atoms with Gasteiger partial charge in [0.2, 0.25) is 0 Å². The normalized spacial score (nSPS) is 13.4. The lowest BCUT2D eigenvalue weighted by atomic mass is 10.0. The fourth-order valence-corrected chi connectivity index (χ4v) is 1.47. The van der Waals surface area contributed by atoms with Crippen molar-refractivity contribution in [1.29, 1.82) is 0 Å². The number of rotatable bonds is 5. The Balaban J connectivity index is 2.95. The molecular formula is C12H11F5O3. The molecule has 0 aliphatic rings. The topological polar surface area (TPSA) is 46.5 Å². The monoisotopic (exact) mass is 298 g/mol. The molecule has 0 aromatic heterocycles. The number of esters is 1. The number of hydrogen-bond donors (Lipinski definition) is 1. The summed E-state index contributed by atoms with van der Waals surface area (Å²) in [6, 6.07) is 2.42. The maximum absolute atomic E-state index is 13.2. The van der Waals surface area contributed by atoms with Crippen LogP contribution in [0.1, 0.15) is 25.0 Å². The van der Waals surface area contributed by atoms with Gasteiger partial charge in [0.1, 0.15) is 11.6 Å². The van der Waals surface area contributed by atoms with Crippen LogP contribution in [0, 0.1) is 5.82 Å². The molecule has 1 N–H and O–H groups in total. The van der Waals surface area contributed by atoms with Crippen LogP contribution in [0.4, 0.5) is 22.0 Å². The molecule has 0 radical (unpaired) electrons. The van der Waals surface area contributed by atoms with Crippen molar-refractivity contribution in [2.24, 2.45) is 0 Å². The SMILES string of the molecule is CC(=O)Oc1cc(F)cc(C(O)CC(F)(F)C(F)F)c1. The molecule has 1 aromatic carbocycles. The third kappa shape index (κ3) is 4.44. The van der Waals surface area contributed by atoms with Gasteiger partial charge in [0.25, 0.3) is 0 Å². The van der Waals surface area contributed by atoms with Gasteiger partial charge in [-0.2, -0.15) is 0 Å². The van der Waals surface area contributed by atoms with Crippen LogP contribution in [0.15, 0.2) is 18.2 Å². The molecule has 0 bridgehead atoms. The van der Waals surface area contributed by atoms with Gasteiger partial charge in [-0.25, -0.2) is 22.0 Å². The fraction of sp³-hybridized carbons (Fsp3) is 0.417. The predicted molar refractivity (Wildman–Crippen MR) is 58.2 cm³/mol. The predicted octanol–water partition coefficient (Wildman–Crippen LogP) is 3.07. The van der Waals surface area contributed by atoms with E-state index in [1.54, 1.807) is 0 Å². The number of aliphatic hydroxyl groups excluding tert-OH is 1. The Morgan fingerprint density at radius 1 is 1.35 bits per heavy atom. The first-order valence-corrected chi connectivity index (χ1v) is 5.45. The van der Waals surface area contributed by atoms with Crippen molar-refractivity contribution in [3.63, 3.8) is 0 Å². The summed E-state index contributed by atoms with van der Waals surface area (Å²) in [5.74, 6) is -6.47. The van der Waals surface area contributed by atoms with E-state index in [0.29, 0.717) is 6.07 Å². The summed E-state index contributed by atoms with van der Waals surface area (Å²) < 4.78 is 67.4. The number of hydrogen-bond acceptors (Lipinski definition) is 3. The van der Waals surface area contributed by atoms with Gasteiger partial charge in [0.15, 0.2) is 0 Å². The molecule has 0 fully saturated rings. The Kier molecular flexibility index (Phi) is 5.04. The van der Waals surface area contributed by atoms with Crippen molar-refractivity contribution < 1.29 is 36.6 Å². The number of carbonyl (C=O) groups is 1. The Morgan fingerprint density at radius 2 is 1.95 bits per heavy atom. The minimum atomic E-state index is -4.41. The number of aliphatic hydroxyl groups is 1. The minimum Gasteiger partial charge on any atom is -0.427 e. The van der Waals surface area contributed by atoms with Crippen molar-refractivity contribution in [3.05, 3.63) is 29.6 Å². The first-order valence-electron chi connectivity index (χ1n) is 5.45. The number of carbonyl (C=O) groups excluding carboxylic acids is 1. The Hall–Kier alpha value is -1.70. The number of halogens is 5. The van der Waals surface area contributed by atoms with Crippen LogP contribution >= 0.6 is 0 Å². The average molecular weight is 298 g/mol. The molecule has 0 spiro atoms. The Morgan fingerprint density at radius 3 is 2.45 bits per heavy atom. The van der Waals surface area contributed by atoms with Crippen LogP contribution in [0.2, 0.25) is 0 Å². The molecule has 0 saturated carbocycles. The second kappa shape index (κ2) is 6.17. The molecule has 0 heterocycles. The standard InChI is InChI=1S/C12H11F5O3/c1-6(18)20-9-3-7(2-8(13)4-9)10(19)5-12(16,17)11(14)15/h2-4,10-11,19H,5H2,1H3. The van der Waals surface area contributed by atoms with Gasteiger partial charge in [0.05, 0.1) is 6.10 Å².